The number of pyridine rings is 1. The molecular formula is C17H13BrN2O. The molecule has 104 valence electrons. The molecular weight excluding hydrogens is 328 g/mol. The first-order chi connectivity index (χ1) is 10.2. The van der Waals surface area contributed by atoms with E-state index in [0.29, 0.717) is 5.69 Å². The van der Waals surface area contributed by atoms with Crippen LogP contribution >= 0.6 is 15.9 Å². The summed E-state index contributed by atoms with van der Waals surface area (Å²) in [4.78, 5) is 16.3. The largest absolute Gasteiger partial charge is 0.320 e. The summed E-state index contributed by atoms with van der Waals surface area (Å²) in [5.74, 6) is -0.206. The van der Waals surface area contributed by atoms with E-state index in [-0.39, 0.29) is 5.91 Å². The van der Waals surface area contributed by atoms with Crippen LogP contribution in [0.25, 0.3) is 10.8 Å². The molecule has 0 saturated heterocycles. The third-order valence-electron chi connectivity index (χ3n) is 3.34. The average Bonchev–Trinajstić information content (AvgIpc) is 2.52. The molecule has 0 aliphatic carbocycles. The van der Waals surface area contributed by atoms with Crippen molar-refractivity contribution in [3.63, 3.8) is 0 Å². The van der Waals surface area contributed by atoms with Crippen molar-refractivity contribution in [2.24, 2.45) is 0 Å². The average molecular weight is 341 g/mol. The smallest absolute Gasteiger partial charge is 0.274 e. The lowest BCUT2D eigenvalue weighted by atomic mass is 10.0. The number of hydrogen-bond donors (Lipinski definition) is 1. The second kappa shape index (κ2) is 5.66. The summed E-state index contributed by atoms with van der Waals surface area (Å²) < 4.78 is 1.01. The fraction of sp³-hybridized carbons (Fsp3) is 0.0588. The van der Waals surface area contributed by atoms with E-state index in [9.17, 15) is 4.79 Å². The van der Waals surface area contributed by atoms with Crippen LogP contribution in [0.1, 0.15) is 16.1 Å². The summed E-state index contributed by atoms with van der Waals surface area (Å²) in [6, 6.07) is 15.2. The number of fused-ring (bicyclic) bond motifs is 1. The molecule has 0 spiro atoms. The van der Waals surface area contributed by atoms with Gasteiger partial charge in [-0.05, 0) is 42.1 Å². The number of aromatic nitrogens is 1. The van der Waals surface area contributed by atoms with Crippen molar-refractivity contribution in [1.82, 2.24) is 4.98 Å². The second-order valence-corrected chi connectivity index (χ2v) is 5.62. The number of benzene rings is 2. The summed E-state index contributed by atoms with van der Waals surface area (Å²) in [6.07, 6.45) is 1.61. The van der Waals surface area contributed by atoms with Crippen molar-refractivity contribution in [2.75, 3.05) is 5.32 Å². The van der Waals surface area contributed by atoms with E-state index in [0.717, 1.165) is 26.5 Å². The van der Waals surface area contributed by atoms with Crippen molar-refractivity contribution >= 4 is 38.3 Å². The zero-order valence-corrected chi connectivity index (χ0v) is 13.0. The van der Waals surface area contributed by atoms with E-state index in [4.69, 9.17) is 0 Å². The van der Waals surface area contributed by atoms with E-state index in [1.807, 2.05) is 37.3 Å². The van der Waals surface area contributed by atoms with Gasteiger partial charge in [0, 0.05) is 21.7 Å². The van der Waals surface area contributed by atoms with Crippen LogP contribution in [0.5, 0.6) is 0 Å². The highest BCUT2D eigenvalue weighted by Gasteiger charge is 2.11. The third kappa shape index (κ3) is 2.67. The highest BCUT2D eigenvalue weighted by molar-refractivity contribution is 9.10. The number of aryl methyl sites for hydroxylation is 1. The first-order valence-corrected chi connectivity index (χ1v) is 7.36. The maximum absolute atomic E-state index is 12.3. The van der Waals surface area contributed by atoms with Crippen LogP contribution in [0.3, 0.4) is 0 Å². The maximum Gasteiger partial charge on any atom is 0.274 e. The quantitative estimate of drug-likeness (QED) is 0.743. The fourth-order valence-electron chi connectivity index (χ4n) is 2.34. The van der Waals surface area contributed by atoms with Gasteiger partial charge in [-0.2, -0.15) is 0 Å². The van der Waals surface area contributed by atoms with Crippen LogP contribution in [-0.4, -0.2) is 10.9 Å². The second-order valence-electron chi connectivity index (χ2n) is 4.76. The van der Waals surface area contributed by atoms with Gasteiger partial charge in [-0.1, -0.05) is 40.2 Å². The Bertz CT molecular complexity index is 816. The number of nitrogens with one attached hydrogen (secondary N) is 1. The predicted octanol–water partition coefficient (Wildman–Crippen LogP) is 4.56. The summed E-state index contributed by atoms with van der Waals surface area (Å²) >= 11 is 3.55. The Morgan fingerprint density at radius 2 is 1.95 bits per heavy atom. The zero-order valence-electron chi connectivity index (χ0n) is 11.4. The highest BCUT2D eigenvalue weighted by Crippen LogP contribution is 2.32. The fourth-order valence-corrected chi connectivity index (χ4v) is 2.80. The first kappa shape index (κ1) is 13.8. The van der Waals surface area contributed by atoms with Crippen molar-refractivity contribution in [2.45, 2.75) is 6.92 Å². The van der Waals surface area contributed by atoms with Crippen LogP contribution in [0.4, 0.5) is 5.69 Å². The van der Waals surface area contributed by atoms with Crippen LogP contribution < -0.4 is 5.32 Å². The van der Waals surface area contributed by atoms with Gasteiger partial charge in [0.15, 0.2) is 0 Å². The summed E-state index contributed by atoms with van der Waals surface area (Å²) in [5, 5.41) is 5.06. The van der Waals surface area contributed by atoms with Crippen molar-refractivity contribution in [3.8, 4) is 0 Å². The molecule has 0 unspecified atom stereocenters. The molecule has 0 aliphatic rings. The molecule has 2 aromatic carbocycles. The van der Waals surface area contributed by atoms with E-state index < -0.39 is 0 Å². The number of carbonyl (C=O) groups excluding carboxylic acids is 1. The molecule has 4 heteroatoms. The highest BCUT2D eigenvalue weighted by atomic mass is 79.9. The third-order valence-corrected chi connectivity index (χ3v) is 4.03. The lowest BCUT2D eigenvalue weighted by Crippen LogP contribution is -2.13. The molecule has 0 fully saturated rings. The van der Waals surface area contributed by atoms with Crippen molar-refractivity contribution < 1.29 is 4.79 Å². The molecule has 1 heterocycles. The number of hydrogen-bond acceptors (Lipinski definition) is 2. The topological polar surface area (TPSA) is 42.0 Å². The predicted molar refractivity (Wildman–Crippen MR) is 88.6 cm³/mol. The van der Waals surface area contributed by atoms with Crippen LogP contribution in [-0.2, 0) is 0 Å². The van der Waals surface area contributed by atoms with Gasteiger partial charge in [0.1, 0.15) is 5.69 Å². The molecule has 0 aliphatic heterocycles. The zero-order chi connectivity index (χ0) is 14.8. The Labute approximate surface area is 131 Å². The Morgan fingerprint density at radius 3 is 2.71 bits per heavy atom. The summed E-state index contributed by atoms with van der Waals surface area (Å²) in [5.41, 5.74) is 2.31. The molecule has 21 heavy (non-hydrogen) atoms. The lowest BCUT2D eigenvalue weighted by molar-refractivity contribution is 0.102. The number of halogens is 1. The van der Waals surface area contributed by atoms with Gasteiger partial charge in [-0.3, -0.25) is 9.78 Å². The molecule has 0 radical (unpaired) electrons. The Balaban J connectivity index is 2.06. The van der Waals surface area contributed by atoms with Crippen molar-refractivity contribution in [3.05, 3.63) is 70.5 Å². The number of amides is 1. The van der Waals surface area contributed by atoms with Gasteiger partial charge in [-0.25, -0.2) is 0 Å². The molecule has 0 saturated carbocycles. The molecule has 3 aromatic rings. The van der Waals surface area contributed by atoms with Crippen LogP contribution in [0, 0.1) is 6.92 Å². The number of anilines is 1. The molecule has 3 nitrogen and oxygen atoms in total. The molecule has 0 bridgehead atoms. The van der Waals surface area contributed by atoms with E-state index in [1.165, 1.54) is 0 Å². The summed E-state index contributed by atoms with van der Waals surface area (Å²) in [6.45, 7) is 2.03. The molecule has 0 atom stereocenters. The minimum Gasteiger partial charge on any atom is -0.320 e. The SMILES string of the molecule is Cc1ccc(Br)c2cccc(NC(=O)c3ccccn3)c12. The molecule has 1 aromatic heterocycles. The van der Waals surface area contributed by atoms with Crippen LogP contribution in [0.15, 0.2) is 59.2 Å². The standard InChI is InChI=1S/C17H13BrN2O/c1-11-8-9-13(18)12-5-4-7-14(16(11)12)20-17(21)15-6-2-3-10-19-15/h2-10H,1H3,(H,20,21). The molecule has 3 rings (SSSR count). The summed E-state index contributed by atoms with van der Waals surface area (Å²) in [7, 11) is 0. The first-order valence-electron chi connectivity index (χ1n) is 6.57. The van der Waals surface area contributed by atoms with E-state index in [1.54, 1.807) is 24.4 Å². The van der Waals surface area contributed by atoms with Crippen LogP contribution in [0.2, 0.25) is 0 Å². The Hall–Kier alpha value is -2.20. The Morgan fingerprint density at radius 1 is 1.10 bits per heavy atom. The van der Waals surface area contributed by atoms with Gasteiger partial charge in [-0.15, -0.1) is 0 Å². The van der Waals surface area contributed by atoms with E-state index in [2.05, 4.69) is 26.2 Å². The molecule has 1 N–H and O–H groups in total. The maximum atomic E-state index is 12.3. The van der Waals surface area contributed by atoms with Crippen molar-refractivity contribution in [1.29, 1.82) is 0 Å². The lowest BCUT2D eigenvalue weighted by Gasteiger charge is -2.11. The van der Waals surface area contributed by atoms with E-state index >= 15 is 0 Å². The van der Waals surface area contributed by atoms with Gasteiger partial charge < -0.3 is 5.32 Å². The number of rotatable bonds is 2. The minimum atomic E-state index is -0.206. The monoisotopic (exact) mass is 340 g/mol. The Kier molecular flexibility index (Phi) is 3.71. The molecule has 1 amide bonds. The minimum absolute atomic E-state index is 0.206. The van der Waals surface area contributed by atoms with Gasteiger partial charge in [0.2, 0.25) is 0 Å². The van der Waals surface area contributed by atoms with Gasteiger partial charge >= 0.3 is 0 Å². The number of carbonyl (C=O) groups is 1. The normalized spacial score (nSPS) is 10.6. The van der Waals surface area contributed by atoms with Gasteiger partial charge in [0.25, 0.3) is 5.91 Å². The van der Waals surface area contributed by atoms with Gasteiger partial charge in [0.05, 0.1) is 0 Å². The number of nitrogens with zero attached hydrogens (tertiary/aromatic N) is 1.